The van der Waals surface area contributed by atoms with Crippen molar-refractivity contribution in [3.05, 3.63) is 54.1 Å². The molecule has 1 aliphatic heterocycles. The number of hydrogen-bond donors (Lipinski definition) is 1. The molecule has 22 heavy (non-hydrogen) atoms. The normalized spacial score (nSPS) is 15.6. The van der Waals surface area contributed by atoms with Crippen molar-refractivity contribution in [2.75, 3.05) is 19.8 Å². The molecule has 0 bridgehead atoms. The quantitative estimate of drug-likeness (QED) is 0.935. The largest absolute Gasteiger partial charge is 0.381 e. The summed E-state index contributed by atoms with van der Waals surface area (Å²) in [7, 11) is 0. The molecule has 0 spiro atoms. The van der Waals surface area contributed by atoms with Gasteiger partial charge < -0.3 is 10.1 Å². The van der Waals surface area contributed by atoms with Gasteiger partial charge in [0.15, 0.2) is 0 Å². The van der Waals surface area contributed by atoms with Crippen molar-refractivity contribution in [3.8, 4) is 0 Å². The molecule has 114 valence electrons. The number of fused-ring (bicyclic) bond motifs is 1. The number of carbonyl (C=O) groups excluding carboxylic acids is 1. The minimum Gasteiger partial charge on any atom is -0.381 e. The van der Waals surface area contributed by atoms with Crippen molar-refractivity contribution >= 4 is 22.8 Å². The van der Waals surface area contributed by atoms with Crippen LogP contribution in [0.3, 0.4) is 0 Å². The Hall–Kier alpha value is -2.13. The molecule has 1 N–H and O–H groups in total. The van der Waals surface area contributed by atoms with Crippen LogP contribution in [-0.2, 0) is 4.74 Å². The van der Waals surface area contributed by atoms with Gasteiger partial charge in [-0.2, -0.15) is 0 Å². The second-order valence-electron chi connectivity index (χ2n) is 5.75. The van der Waals surface area contributed by atoms with Crippen molar-refractivity contribution in [2.24, 2.45) is 5.92 Å². The summed E-state index contributed by atoms with van der Waals surface area (Å²) in [5, 5.41) is 5.24. The molecule has 1 saturated heterocycles. The highest BCUT2D eigenvalue weighted by molar-refractivity contribution is 6.00. The van der Waals surface area contributed by atoms with E-state index in [1.54, 1.807) is 0 Å². The van der Waals surface area contributed by atoms with Crippen molar-refractivity contribution in [2.45, 2.75) is 12.8 Å². The first-order valence-corrected chi connectivity index (χ1v) is 7.79. The number of amides is 1. The lowest BCUT2D eigenvalue weighted by Crippen LogP contribution is -2.32. The number of hydrogen-bond acceptors (Lipinski definition) is 2. The molecular weight excluding hydrogens is 274 g/mol. The van der Waals surface area contributed by atoms with Crippen LogP contribution < -0.4 is 5.32 Å². The van der Waals surface area contributed by atoms with E-state index in [1.807, 2.05) is 42.5 Å². The predicted molar refractivity (Wildman–Crippen MR) is 89.9 cm³/mol. The van der Waals surface area contributed by atoms with E-state index in [-0.39, 0.29) is 5.91 Å². The molecule has 1 aliphatic rings. The van der Waals surface area contributed by atoms with Gasteiger partial charge in [-0.05, 0) is 47.2 Å². The molecule has 3 nitrogen and oxygen atoms in total. The fraction of sp³-hybridized carbons (Fsp3) is 0.316. The monoisotopic (exact) mass is 295 g/mol. The van der Waals surface area contributed by atoms with Gasteiger partial charge in [-0.15, -0.1) is 0 Å². The topological polar surface area (TPSA) is 38.3 Å². The minimum absolute atomic E-state index is 0.00241. The van der Waals surface area contributed by atoms with E-state index in [0.29, 0.717) is 11.5 Å². The van der Waals surface area contributed by atoms with Crippen molar-refractivity contribution < 1.29 is 9.53 Å². The van der Waals surface area contributed by atoms with Crippen LogP contribution in [0.25, 0.3) is 16.8 Å². The number of carbonyl (C=O) groups is 1. The second-order valence-corrected chi connectivity index (χ2v) is 5.75. The van der Waals surface area contributed by atoms with Crippen LogP contribution in [0.2, 0.25) is 0 Å². The van der Waals surface area contributed by atoms with Gasteiger partial charge in [0.05, 0.1) is 0 Å². The van der Waals surface area contributed by atoms with Crippen LogP contribution in [0.4, 0.5) is 0 Å². The maximum absolute atomic E-state index is 12.3. The zero-order valence-corrected chi connectivity index (χ0v) is 12.7. The molecule has 3 rings (SSSR count). The van der Waals surface area contributed by atoms with Gasteiger partial charge >= 0.3 is 0 Å². The van der Waals surface area contributed by atoms with Crippen LogP contribution in [0, 0.1) is 5.92 Å². The van der Waals surface area contributed by atoms with E-state index in [2.05, 4.69) is 11.9 Å². The highest BCUT2D eigenvalue weighted by Gasteiger charge is 2.15. The molecule has 0 aliphatic carbocycles. The van der Waals surface area contributed by atoms with E-state index in [9.17, 15) is 4.79 Å². The Kier molecular flexibility index (Phi) is 4.54. The van der Waals surface area contributed by atoms with Crippen LogP contribution in [-0.4, -0.2) is 25.7 Å². The van der Waals surface area contributed by atoms with Gasteiger partial charge in [0.2, 0.25) is 0 Å². The van der Waals surface area contributed by atoms with Crippen LogP contribution >= 0.6 is 0 Å². The number of nitrogens with one attached hydrogen (secondary N) is 1. The highest BCUT2D eigenvalue weighted by atomic mass is 16.5. The zero-order valence-electron chi connectivity index (χ0n) is 12.7. The Morgan fingerprint density at radius 1 is 1.27 bits per heavy atom. The Bertz CT molecular complexity index is 687. The molecular formula is C19H21NO2. The van der Waals surface area contributed by atoms with E-state index >= 15 is 0 Å². The lowest BCUT2D eigenvalue weighted by atomic mass is 9.99. The lowest BCUT2D eigenvalue weighted by Gasteiger charge is -2.22. The standard InChI is InChI=1S/C19H21NO2/c1-2-15-4-3-5-16-12-17(6-7-18(15)16)19(21)20-13-14-8-10-22-11-9-14/h2-7,12,14H,1,8-11,13H2,(H,20,21). The predicted octanol–water partition coefficient (Wildman–Crippen LogP) is 3.64. The summed E-state index contributed by atoms with van der Waals surface area (Å²) in [5.41, 5.74) is 1.80. The third kappa shape index (κ3) is 3.20. The maximum atomic E-state index is 12.3. The Morgan fingerprint density at radius 3 is 2.86 bits per heavy atom. The van der Waals surface area contributed by atoms with Gasteiger partial charge in [-0.25, -0.2) is 0 Å². The molecule has 2 aromatic carbocycles. The third-order valence-corrected chi connectivity index (χ3v) is 4.29. The van der Waals surface area contributed by atoms with Crippen LogP contribution in [0.5, 0.6) is 0 Å². The summed E-state index contributed by atoms with van der Waals surface area (Å²) in [6, 6.07) is 11.9. The average molecular weight is 295 g/mol. The first-order valence-electron chi connectivity index (χ1n) is 7.79. The van der Waals surface area contributed by atoms with E-state index in [0.717, 1.165) is 48.9 Å². The molecule has 0 aromatic heterocycles. The Balaban J connectivity index is 1.72. The fourth-order valence-corrected chi connectivity index (χ4v) is 2.92. The molecule has 1 heterocycles. The van der Waals surface area contributed by atoms with Crippen molar-refractivity contribution in [1.29, 1.82) is 0 Å². The van der Waals surface area contributed by atoms with Crippen LogP contribution in [0.15, 0.2) is 43.0 Å². The van der Waals surface area contributed by atoms with Gasteiger partial charge in [-0.3, -0.25) is 4.79 Å². The van der Waals surface area contributed by atoms with Gasteiger partial charge in [-0.1, -0.05) is 36.9 Å². The van der Waals surface area contributed by atoms with E-state index in [4.69, 9.17) is 4.74 Å². The molecule has 1 fully saturated rings. The SMILES string of the molecule is C=Cc1cccc2cc(C(=O)NCC3CCOCC3)ccc12. The van der Waals surface area contributed by atoms with E-state index in [1.165, 1.54) is 0 Å². The molecule has 0 radical (unpaired) electrons. The fourth-order valence-electron chi connectivity index (χ4n) is 2.92. The van der Waals surface area contributed by atoms with E-state index < -0.39 is 0 Å². The van der Waals surface area contributed by atoms with Crippen molar-refractivity contribution in [1.82, 2.24) is 5.32 Å². The number of rotatable bonds is 4. The summed E-state index contributed by atoms with van der Waals surface area (Å²) < 4.78 is 5.34. The van der Waals surface area contributed by atoms with Gasteiger partial charge in [0, 0.05) is 25.3 Å². The molecule has 0 unspecified atom stereocenters. The highest BCUT2D eigenvalue weighted by Crippen LogP contribution is 2.21. The van der Waals surface area contributed by atoms with Gasteiger partial charge in [0.25, 0.3) is 5.91 Å². The van der Waals surface area contributed by atoms with Crippen molar-refractivity contribution in [3.63, 3.8) is 0 Å². The molecule has 2 aromatic rings. The molecule has 1 amide bonds. The Labute approximate surface area is 131 Å². The minimum atomic E-state index is -0.00241. The first kappa shape index (κ1) is 14.8. The first-order chi connectivity index (χ1) is 10.8. The summed E-state index contributed by atoms with van der Waals surface area (Å²) >= 11 is 0. The number of ether oxygens (including phenoxy) is 1. The Morgan fingerprint density at radius 2 is 2.09 bits per heavy atom. The van der Waals surface area contributed by atoms with Gasteiger partial charge in [0.1, 0.15) is 0 Å². The zero-order chi connectivity index (χ0) is 15.4. The van der Waals surface area contributed by atoms with Crippen LogP contribution in [0.1, 0.15) is 28.8 Å². The number of benzene rings is 2. The summed E-state index contributed by atoms with van der Waals surface area (Å²) in [6.07, 6.45) is 3.90. The molecule has 3 heteroatoms. The lowest BCUT2D eigenvalue weighted by molar-refractivity contribution is 0.0643. The smallest absolute Gasteiger partial charge is 0.251 e. The third-order valence-electron chi connectivity index (χ3n) is 4.29. The second kappa shape index (κ2) is 6.75. The summed E-state index contributed by atoms with van der Waals surface area (Å²) in [4.78, 5) is 12.3. The molecule has 0 saturated carbocycles. The maximum Gasteiger partial charge on any atom is 0.251 e. The molecule has 0 atom stereocenters. The summed E-state index contributed by atoms with van der Waals surface area (Å²) in [6.45, 7) is 6.17. The average Bonchev–Trinajstić information content (AvgIpc) is 2.59. The summed E-state index contributed by atoms with van der Waals surface area (Å²) in [5.74, 6) is 0.530.